The molecular formula is C17H27N3O. The monoisotopic (exact) mass is 289 g/mol. The summed E-state index contributed by atoms with van der Waals surface area (Å²) in [6.45, 7) is 7.02. The largest absolute Gasteiger partial charge is 0.385 e. The first kappa shape index (κ1) is 15.8. The number of pyridine rings is 1. The highest BCUT2D eigenvalue weighted by Crippen LogP contribution is 2.27. The summed E-state index contributed by atoms with van der Waals surface area (Å²) in [6, 6.07) is 2.25. The van der Waals surface area contributed by atoms with Gasteiger partial charge in [0.25, 0.3) is 5.91 Å². The predicted octanol–water partition coefficient (Wildman–Crippen LogP) is 3.52. The maximum absolute atomic E-state index is 12.5. The van der Waals surface area contributed by atoms with E-state index >= 15 is 0 Å². The van der Waals surface area contributed by atoms with Gasteiger partial charge in [0.1, 0.15) is 0 Å². The number of rotatable bonds is 5. The Balaban J connectivity index is 2.00. The van der Waals surface area contributed by atoms with Crippen LogP contribution in [0.3, 0.4) is 0 Å². The number of hydrogen-bond acceptors (Lipinski definition) is 3. The highest BCUT2D eigenvalue weighted by atomic mass is 16.1. The van der Waals surface area contributed by atoms with Gasteiger partial charge in [-0.1, -0.05) is 13.3 Å². The molecule has 0 bridgehead atoms. The molecular weight excluding hydrogens is 262 g/mol. The van der Waals surface area contributed by atoms with E-state index in [0.29, 0.717) is 11.6 Å². The summed E-state index contributed by atoms with van der Waals surface area (Å²) in [7, 11) is 0. The fourth-order valence-corrected chi connectivity index (χ4v) is 3.06. The second-order valence-corrected chi connectivity index (χ2v) is 6.00. The first-order chi connectivity index (χ1) is 10.1. The van der Waals surface area contributed by atoms with Crippen LogP contribution in [0, 0.1) is 12.8 Å². The topological polar surface area (TPSA) is 54.0 Å². The van der Waals surface area contributed by atoms with Crippen LogP contribution in [0.15, 0.2) is 12.3 Å². The first-order valence-electron chi connectivity index (χ1n) is 8.15. The average Bonchev–Trinajstić information content (AvgIpc) is 2.48. The molecule has 1 aliphatic rings. The van der Waals surface area contributed by atoms with Crippen LogP contribution in [0.1, 0.15) is 62.0 Å². The van der Waals surface area contributed by atoms with E-state index in [1.165, 1.54) is 19.3 Å². The molecule has 116 valence electrons. The lowest BCUT2D eigenvalue weighted by Gasteiger charge is -2.28. The number of nitrogens with zero attached hydrogens (tertiary/aromatic N) is 1. The van der Waals surface area contributed by atoms with E-state index in [1.54, 1.807) is 6.20 Å². The van der Waals surface area contributed by atoms with Crippen LogP contribution in [0.4, 0.5) is 5.69 Å². The number of hydrogen-bond donors (Lipinski definition) is 2. The molecule has 0 unspecified atom stereocenters. The Morgan fingerprint density at radius 2 is 2.00 bits per heavy atom. The maximum Gasteiger partial charge on any atom is 0.255 e. The Morgan fingerprint density at radius 3 is 2.62 bits per heavy atom. The van der Waals surface area contributed by atoms with Crippen molar-refractivity contribution >= 4 is 11.6 Å². The Labute approximate surface area is 127 Å². The molecule has 4 nitrogen and oxygen atoms in total. The summed E-state index contributed by atoms with van der Waals surface area (Å²) in [4.78, 5) is 16.7. The summed E-state index contributed by atoms with van der Waals surface area (Å²) in [5, 5.41) is 6.43. The van der Waals surface area contributed by atoms with Crippen molar-refractivity contribution in [2.45, 2.75) is 58.9 Å². The molecule has 1 aromatic heterocycles. The second kappa shape index (κ2) is 7.43. The molecule has 0 radical (unpaired) electrons. The number of carbonyl (C=O) groups is 1. The highest BCUT2D eigenvalue weighted by Gasteiger charge is 2.22. The zero-order valence-corrected chi connectivity index (χ0v) is 13.4. The van der Waals surface area contributed by atoms with Gasteiger partial charge in [-0.3, -0.25) is 9.78 Å². The van der Waals surface area contributed by atoms with E-state index in [9.17, 15) is 4.79 Å². The molecule has 1 fully saturated rings. The molecule has 2 rings (SSSR count). The summed E-state index contributed by atoms with van der Waals surface area (Å²) >= 11 is 0. The van der Waals surface area contributed by atoms with Gasteiger partial charge in [-0.25, -0.2) is 0 Å². The molecule has 2 N–H and O–H groups in total. The Hall–Kier alpha value is -1.58. The Bertz CT molecular complexity index is 479. The zero-order chi connectivity index (χ0) is 15.2. The molecule has 21 heavy (non-hydrogen) atoms. The van der Waals surface area contributed by atoms with Crippen molar-refractivity contribution in [2.75, 3.05) is 11.9 Å². The van der Waals surface area contributed by atoms with E-state index < -0.39 is 0 Å². The van der Waals surface area contributed by atoms with Crippen molar-refractivity contribution < 1.29 is 4.79 Å². The smallest absolute Gasteiger partial charge is 0.255 e. The molecule has 1 amide bonds. The molecule has 0 aromatic carbocycles. The summed E-state index contributed by atoms with van der Waals surface area (Å²) in [5.41, 5.74) is 2.45. The molecule has 0 saturated heterocycles. The number of anilines is 1. The van der Waals surface area contributed by atoms with Gasteiger partial charge < -0.3 is 10.6 Å². The van der Waals surface area contributed by atoms with Gasteiger partial charge in [0.2, 0.25) is 0 Å². The van der Waals surface area contributed by atoms with Gasteiger partial charge in [0.05, 0.1) is 11.3 Å². The molecule has 1 saturated carbocycles. The predicted molar refractivity (Wildman–Crippen MR) is 86.6 cm³/mol. The van der Waals surface area contributed by atoms with Crippen molar-refractivity contribution in [1.29, 1.82) is 0 Å². The first-order valence-corrected chi connectivity index (χ1v) is 8.15. The normalized spacial score (nSPS) is 21.9. The number of aryl methyl sites for hydroxylation is 1. The quantitative estimate of drug-likeness (QED) is 0.872. The van der Waals surface area contributed by atoms with E-state index in [2.05, 4.69) is 22.5 Å². The lowest BCUT2D eigenvalue weighted by molar-refractivity contribution is 0.0922. The highest BCUT2D eigenvalue weighted by molar-refractivity contribution is 5.99. The van der Waals surface area contributed by atoms with Gasteiger partial charge in [0.15, 0.2) is 0 Å². The molecule has 0 spiro atoms. The average molecular weight is 289 g/mol. The third-order valence-corrected chi connectivity index (χ3v) is 4.41. The van der Waals surface area contributed by atoms with Crippen molar-refractivity contribution in [3.63, 3.8) is 0 Å². The molecule has 1 heterocycles. The Morgan fingerprint density at radius 1 is 1.29 bits per heavy atom. The third kappa shape index (κ3) is 4.19. The minimum atomic E-state index is -0.00148. The van der Waals surface area contributed by atoms with Gasteiger partial charge in [-0.2, -0.15) is 0 Å². The van der Waals surface area contributed by atoms with Crippen LogP contribution in [0.5, 0.6) is 0 Å². The summed E-state index contributed by atoms with van der Waals surface area (Å²) in [5.74, 6) is 0.843. The number of nitrogens with one attached hydrogen (secondary N) is 2. The third-order valence-electron chi connectivity index (χ3n) is 4.41. The SMILES string of the molecule is CCNc1cc(C)ncc1C(=O)NC1CCC(CC)CC1. The maximum atomic E-state index is 12.5. The van der Waals surface area contributed by atoms with Gasteiger partial charge in [-0.05, 0) is 51.5 Å². The molecule has 1 aliphatic carbocycles. The number of amides is 1. The van der Waals surface area contributed by atoms with Crippen LogP contribution in [0.2, 0.25) is 0 Å². The molecule has 0 aliphatic heterocycles. The summed E-state index contributed by atoms with van der Waals surface area (Å²) < 4.78 is 0. The summed E-state index contributed by atoms with van der Waals surface area (Å²) in [6.07, 6.45) is 7.59. The minimum absolute atomic E-state index is 0.00148. The van der Waals surface area contributed by atoms with Crippen LogP contribution in [-0.4, -0.2) is 23.5 Å². The minimum Gasteiger partial charge on any atom is -0.385 e. The zero-order valence-electron chi connectivity index (χ0n) is 13.4. The molecule has 0 atom stereocenters. The van der Waals surface area contributed by atoms with E-state index in [4.69, 9.17) is 0 Å². The van der Waals surface area contributed by atoms with Gasteiger partial charge in [0, 0.05) is 24.5 Å². The van der Waals surface area contributed by atoms with Crippen molar-refractivity contribution in [2.24, 2.45) is 5.92 Å². The van der Waals surface area contributed by atoms with Crippen LogP contribution < -0.4 is 10.6 Å². The number of carbonyl (C=O) groups excluding carboxylic acids is 1. The lowest BCUT2D eigenvalue weighted by Crippen LogP contribution is -2.38. The van der Waals surface area contributed by atoms with Crippen molar-refractivity contribution in [3.8, 4) is 0 Å². The van der Waals surface area contributed by atoms with Gasteiger partial charge >= 0.3 is 0 Å². The van der Waals surface area contributed by atoms with E-state index in [0.717, 1.165) is 36.7 Å². The fraction of sp³-hybridized carbons (Fsp3) is 0.647. The lowest BCUT2D eigenvalue weighted by atomic mass is 9.84. The fourth-order valence-electron chi connectivity index (χ4n) is 3.06. The van der Waals surface area contributed by atoms with E-state index in [-0.39, 0.29) is 5.91 Å². The second-order valence-electron chi connectivity index (χ2n) is 6.00. The van der Waals surface area contributed by atoms with E-state index in [1.807, 2.05) is 19.9 Å². The van der Waals surface area contributed by atoms with Crippen LogP contribution in [-0.2, 0) is 0 Å². The Kier molecular flexibility index (Phi) is 5.59. The standard InChI is InChI=1S/C17H27N3O/c1-4-13-6-8-14(9-7-13)20-17(21)15-11-19-12(3)10-16(15)18-5-2/h10-11,13-14H,4-9H2,1-3H3,(H,18,19)(H,20,21). The molecule has 1 aromatic rings. The van der Waals surface area contributed by atoms with Crippen LogP contribution >= 0.6 is 0 Å². The molecule has 4 heteroatoms. The van der Waals surface area contributed by atoms with Gasteiger partial charge in [-0.15, -0.1) is 0 Å². The van der Waals surface area contributed by atoms with Crippen molar-refractivity contribution in [3.05, 3.63) is 23.5 Å². The van der Waals surface area contributed by atoms with Crippen molar-refractivity contribution in [1.82, 2.24) is 10.3 Å². The number of aromatic nitrogens is 1. The van der Waals surface area contributed by atoms with Crippen LogP contribution in [0.25, 0.3) is 0 Å².